The second kappa shape index (κ2) is 8.06. The van der Waals surface area contributed by atoms with E-state index >= 15 is 0 Å². The Morgan fingerprint density at radius 3 is 2.54 bits per heavy atom. The third kappa shape index (κ3) is 4.00. The van der Waals surface area contributed by atoms with Gasteiger partial charge >= 0.3 is 5.97 Å². The molecule has 0 saturated heterocycles. The summed E-state index contributed by atoms with van der Waals surface area (Å²) in [5.74, 6) is -0.189. The van der Waals surface area contributed by atoms with Crippen LogP contribution in [0.15, 0.2) is 29.3 Å². The van der Waals surface area contributed by atoms with E-state index in [1.54, 1.807) is 13.8 Å². The number of benzene rings is 1. The number of hydrogen-bond donors (Lipinski definition) is 0. The van der Waals surface area contributed by atoms with Gasteiger partial charge in [0, 0.05) is 12.8 Å². The van der Waals surface area contributed by atoms with E-state index in [9.17, 15) is 9.59 Å². The van der Waals surface area contributed by atoms with Crippen molar-refractivity contribution in [2.24, 2.45) is 4.99 Å². The second-order valence-corrected chi connectivity index (χ2v) is 6.39. The van der Waals surface area contributed by atoms with Crippen molar-refractivity contribution < 1.29 is 14.3 Å². The summed E-state index contributed by atoms with van der Waals surface area (Å²) in [7, 11) is 0. The van der Waals surface area contributed by atoms with Gasteiger partial charge in [0.05, 0.1) is 10.6 Å². The maximum absolute atomic E-state index is 12.4. The Bertz CT molecular complexity index is 818. The average Bonchev–Trinajstić information content (AvgIpc) is 2.91. The molecule has 0 unspecified atom stereocenters. The number of aryl methyl sites for hydroxylation is 2. The molecule has 0 spiro atoms. The van der Waals surface area contributed by atoms with Gasteiger partial charge in [-0.15, -0.1) is 0 Å². The largest absolute Gasteiger partial charge is 0.408 e. The van der Waals surface area contributed by atoms with E-state index in [0.717, 1.165) is 16.1 Å². The first kappa shape index (κ1) is 18.1. The molecule has 1 aromatic heterocycles. The van der Waals surface area contributed by atoms with Crippen LogP contribution < -0.4 is 9.54 Å². The molecular formula is C18H22N2O3S. The molecule has 5 nitrogen and oxygen atoms in total. The quantitative estimate of drug-likeness (QED) is 0.768. The Morgan fingerprint density at radius 2 is 1.96 bits per heavy atom. The number of thiazole rings is 1. The number of hydrogen-bond acceptors (Lipinski definition) is 5. The van der Waals surface area contributed by atoms with E-state index in [1.807, 2.05) is 38.1 Å². The molecule has 128 valence electrons. The second-order valence-electron chi connectivity index (χ2n) is 5.33. The predicted molar refractivity (Wildman–Crippen MR) is 94.9 cm³/mol. The van der Waals surface area contributed by atoms with E-state index in [2.05, 4.69) is 4.99 Å². The smallest absolute Gasteiger partial charge is 0.312 e. The van der Waals surface area contributed by atoms with E-state index in [1.165, 1.54) is 15.9 Å². The summed E-state index contributed by atoms with van der Waals surface area (Å²) in [6.45, 7) is 7.46. The molecule has 2 aromatic rings. The molecule has 0 bridgehead atoms. The number of aromatic nitrogens is 1. The van der Waals surface area contributed by atoms with Crippen LogP contribution in [0.25, 0.3) is 0 Å². The van der Waals surface area contributed by atoms with Crippen molar-refractivity contribution >= 4 is 28.9 Å². The molecule has 0 aliphatic carbocycles. The maximum Gasteiger partial charge on any atom is 0.312 e. The van der Waals surface area contributed by atoms with Crippen LogP contribution in [0.2, 0.25) is 0 Å². The third-order valence-electron chi connectivity index (χ3n) is 3.45. The fraction of sp³-hybridized carbons (Fsp3) is 0.389. The van der Waals surface area contributed by atoms with Crippen molar-refractivity contribution in [3.05, 3.63) is 39.5 Å². The highest BCUT2D eigenvalue weighted by Crippen LogP contribution is 2.24. The molecule has 1 heterocycles. The molecule has 24 heavy (non-hydrogen) atoms. The molecule has 6 heteroatoms. The number of rotatable bonds is 5. The van der Waals surface area contributed by atoms with Crippen molar-refractivity contribution in [1.29, 1.82) is 0 Å². The Balaban J connectivity index is 2.66. The van der Waals surface area contributed by atoms with Crippen LogP contribution in [0.4, 0.5) is 5.69 Å². The van der Waals surface area contributed by atoms with Gasteiger partial charge < -0.3 is 4.74 Å². The van der Waals surface area contributed by atoms with Gasteiger partial charge in [-0.25, -0.2) is 9.56 Å². The minimum Gasteiger partial charge on any atom is -0.408 e. The Kier molecular flexibility index (Phi) is 6.09. The Hall–Kier alpha value is -2.21. The normalized spacial score (nSPS) is 11.6. The first-order chi connectivity index (χ1) is 11.5. The van der Waals surface area contributed by atoms with E-state index in [0.29, 0.717) is 23.5 Å². The fourth-order valence-electron chi connectivity index (χ4n) is 2.18. The van der Waals surface area contributed by atoms with Crippen molar-refractivity contribution in [1.82, 2.24) is 4.57 Å². The number of nitrogens with zero attached hydrogens (tertiary/aromatic N) is 2. The molecule has 0 aliphatic rings. The van der Waals surface area contributed by atoms with E-state index < -0.39 is 0 Å². The van der Waals surface area contributed by atoms with Gasteiger partial charge in [-0.2, -0.15) is 0 Å². The predicted octanol–water partition coefficient (Wildman–Crippen LogP) is 4.02. The molecule has 0 saturated carbocycles. The lowest BCUT2D eigenvalue weighted by molar-refractivity contribution is -0.134. The average molecular weight is 346 g/mol. The van der Waals surface area contributed by atoms with E-state index in [4.69, 9.17) is 4.74 Å². The van der Waals surface area contributed by atoms with Crippen LogP contribution >= 0.6 is 11.3 Å². The first-order valence-corrected chi connectivity index (χ1v) is 8.91. The van der Waals surface area contributed by atoms with Gasteiger partial charge in [0.1, 0.15) is 0 Å². The molecule has 0 aliphatic heterocycles. The number of ether oxygens (including phenoxy) is 1. The van der Waals surface area contributed by atoms with Crippen molar-refractivity contribution in [2.75, 3.05) is 0 Å². The maximum atomic E-state index is 12.4. The molecule has 0 amide bonds. The summed E-state index contributed by atoms with van der Waals surface area (Å²) < 4.78 is 6.87. The molecule has 1 aromatic carbocycles. The van der Waals surface area contributed by atoms with Crippen LogP contribution in [0.1, 0.15) is 48.8 Å². The Labute approximate surface area is 145 Å². The summed E-state index contributed by atoms with van der Waals surface area (Å²) in [6.07, 6.45) is 1.22. The highest BCUT2D eigenvalue weighted by atomic mass is 32.1. The first-order valence-electron chi connectivity index (χ1n) is 8.10. The number of carbonyl (C=O) groups excluding carboxylic acids is 2. The SMILES string of the molecule is CCC(=O)Oc1c(CC)sc(=Nc2cccc(C)c2)n1C(=O)CC. The molecule has 0 N–H and O–H groups in total. The monoisotopic (exact) mass is 346 g/mol. The zero-order valence-electron chi connectivity index (χ0n) is 14.5. The van der Waals surface area contributed by atoms with Crippen molar-refractivity contribution in [3.8, 4) is 5.88 Å². The number of esters is 1. The van der Waals surface area contributed by atoms with Gasteiger partial charge in [-0.3, -0.25) is 9.59 Å². The lowest BCUT2D eigenvalue weighted by Crippen LogP contribution is -2.24. The molecule has 2 rings (SSSR count). The zero-order valence-corrected chi connectivity index (χ0v) is 15.3. The van der Waals surface area contributed by atoms with Crippen molar-refractivity contribution in [3.63, 3.8) is 0 Å². The topological polar surface area (TPSA) is 60.7 Å². The molecule has 0 radical (unpaired) electrons. The summed E-state index contributed by atoms with van der Waals surface area (Å²) in [5.41, 5.74) is 1.86. The summed E-state index contributed by atoms with van der Waals surface area (Å²) in [4.78, 5) is 30.2. The highest BCUT2D eigenvalue weighted by Gasteiger charge is 2.20. The summed E-state index contributed by atoms with van der Waals surface area (Å²) >= 11 is 1.38. The van der Waals surface area contributed by atoms with Crippen LogP contribution in [0.3, 0.4) is 0 Å². The van der Waals surface area contributed by atoms with Gasteiger partial charge in [-0.05, 0) is 31.0 Å². The number of carbonyl (C=O) groups is 2. The standard InChI is InChI=1S/C18H22N2O3S/c1-5-14-17(23-16(22)7-3)20(15(21)6-2)18(24-14)19-13-10-8-9-12(4)11-13/h8-11H,5-7H2,1-4H3. The van der Waals surface area contributed by atoms with Crippen LogP contribution in [0, 0.1) is 6.92 Å². The van der Waals surface area contributed by atoms with Crippen LogP contribution in [-0.4, -0.2) is 16.4 Å². The minimum absolute atomic E-state index is 0.142. The summed E-state index contributed by atoms with van der Waals surface area (Å²) in [5, 5.41) is 0. The zero-order chi connectivity index (χ0) is 17.7. The minimum atomic E-state index is -0.359. The van der Waals surface area contributed by atoms with Gasteiger partial charge in [-0.1, -0.05) is 44.2 Å². The van der Waals surface area contributed by atoms with Gasteiger partial charge in [0.15, 0.2) is 4.80 Å². The Morgan fingerprint density at radius 1 is 1.21 bits per heavy atom. The van der Waals surface area contributed by atoms with Gasteiger partial charge in [0.2, 0.25) is 11.8 Å². The molecule has 0 fully saturated rings. The van der Waals surface area contributed by atoms with Crippen molar-refractivity contribution in [2.45, 2.75) is 47.0 Å². The fourth-order valence-corrected chi connectivity index (χ4v) is 3.19. The van der Waals surface area contributed by atoms with Gasteiger partial charge in [0.25, 0.3) is 0 Å². The van der Waals surface area contributed by atoms with Crippen LogP contribution in [-0.2, 0) is 11.2 Å². The highest BCUT2D eigenvalue weighted by molar-refractivity contribution is 7.09. The molecular weight excluding hydrogens is 324 g/mol. The van der Waals surface area contributed by atoms with Crippen LogP contribution in [0.5, 0.6) is 5.88 Å². The summed E-state index contributed by atoms with van der Waals surface area (Å²) in [6, 6.07) is 7.75. The third-order valence-corrected chi connectivity index (χ3v) is 4.61. The van der Waals surface area contributed by atoms with E-state index in [-0.39, 0.29) is 18.3 Å². The molecule has 0 atom stereocenters. The lowest BCUT2D eigenvalue weighted by Gasteiger charge is -2.08. The lowest BCUT2D eigenvalue weighted by atomic mass is 10.2.